The second kappa shape index (κ2) is 56.7. The molecule has 0 saturated heterocycles. The van der Waals surface area contributed by atoms with Crippen molar-refractivity contribution in [1.29, 1.82) is 0 Å². The molecule has 0 aromatic heterocycles. The van der Waals surface area contributed by atoms with E-state index in [1.54, 1.807) is 6.08 Å². The maximum Gasteiger partial charge on any atom is 0.310 e. The van der Waals surface area contributed by atoms with Crippen LogP contribution in [0.3, 0.4) is 0 Å². The predicted molar refractivity (Wildman–Crippen MR) is 297 cm³/mol. The number of ether oxygens (including phenoxy) is 3. The maximum atomic E-state index is 12.8. The van der Waals surface area contributed by atoms with Crippen LogP contribution in [0.2, 0.25) is 0 Å². The van der Waals surface area contributed by atoms with Crippen LogP contribution in [-0.4, -0.2) is 37.2 Å². The number of hydrogen-bond donors (Lipinski definition) is 0. The van der Waals surface area contributed by atoms with Crippen molar-refractivity contribution in [2.45, 2.75) is 258 Å². The van der Waals surface area contributed by atoms with Crippen LogP contribution < -0.4 is 0 Å². The van der Waals surface area contributed by atoms with Gasteiger partial charge in [0.1, 0.15) is 13.2 Å². The van der Waals surface area contributed by atoms with Gasteiger partial charge < -0.3 is 14.2 Å². The standard InChI is InChI=1S/C63H104O6/c1-4-7-10-13-16-19-22-25-28-29-30-31-32-33-36-38-41-44-47-50-53-56-62(65)68-59-60(69-63(66)57-54-51-48-45-42-39-35-27-24-21-18-15-12-9-6-3)58-67-61(64)55-52-49-46-43-40-37-34-26-23-20-17-14-11-8-5-2/h9,12,17-18,20-22,25-27,29-30,34-35,42,45,51,54,60H,4-8,10-11,13-16,19,23-24,28,31-33,36-41,43-44,46-50,52-53,55-59H2,1-3H3/b12-9-,20-17-,21-18-,25-22-,30-29-,34-26-,35-27-,45-42-,54-51-. The summed E-state index contributed by atoms with van der Waals surface area (Å²) in [7, 11) is 0. The molecule has 6 nitrogen and oxygen atoms in total. The summed E-state index contributed by atoms with van der Waals surface area (Å²) in [6.07, 6.45) is 76.7. The monoisotopic (exact) mass is 957 g/mol. The van der Waals surface area contributed by atoms with E-state index in [1.165, 1.54) is 109 Å². The Hall–Kier alpha value is -3.93. The van der Waals surface area contributed by atoms with Crippen LogP contribution in [-0.2, 0) is 28.6 Å². The van der Waals surface area contributed by atoms with E-state index in [-0.39, 0.29) is 31.6 Å². The molecule has 392 valence electrons. The molecule has 0 aliphatic carbocycles. The van der Waals surface area contributed by atoms with Crippen molar-refractivity contribution in [3.63, 3.8) is 0 Å². The van der Waals surface area contributed by atoms with Gasteiger partial charge in [0.25, 0.3) is 0 Å². The minimum absolute atomic E-state index is 0.0899. The zero-order chi connectivity index (χ0) is 50.0. The first-order chi connectivity index (χ1) is 34.0. The molecular formula is C63H104O6. The zero-order valence-corrected chi connectivity index (χ0v) is 44.8. The van der Waals surface area contributed by atoms with Gasteiger partial charge in [-0.05, 0) is 109 Å². The molecule has 0 aromatic rings. The fraction of sp³-hybridized carbons (Fsp3) is 0.667. The molecular weight excluding hydrogens is 853 g/mol. The molecule has 0 aromatic carbocycles. The van der Waals surface area contributed by atoms with E-state index in [0.29, 0.717) is 19.3 Å². The number of rotatable bonds is 50. The Labute approximate surface area is 425 Å². The lowest BCUT2D eigenvalue weighted by atomic mass is 10.1. The smallest absolute Gasteiger partial charge is 0.310 e. The van der Waals surface area contributed by atoms with Crippen LogP contribution in [0.5, 0.6) is 0 Å². The van der Waals surface area contributed by atoms with Crippen molar-refractivity contribution in [2.75, 3.05) is 13.2 Å². The highest BCUT2D eigenvalue weighted by molar-refractivity contribution is 5.72. The van der Waals surface area contributed by atoms with Gasteiger partial charge in [0.2, 0.25) is 0 Å². The summed E-state index contributed by atoms with van der Waals surface area (Å²) in [6.45, 7) is 6.39. The van der Waals surface area contributed by atoms with Gasteiger partial charge >= 0.3 is 17.9 Å². The third kappa shape index (κ3) is 54.9. The van der Waals surface area contributed by atoms with E-state index in [2.05, 4.69) is 118 Å². The van der Waals surface area contributed by atoms with E-state index in [1.807, 2.05) is 6.08 Å². The molecule has 0 spiro atoms. The lowest BCUT2D eigenvalue weighted by Crippen LogP contribution is -2.30. The number of carbonyl (C=O) groups excluding carboxylic acids is 3. The number of allylic oxidation sites excluding steroid dienone is 17. The Morgan fingerprint density at radius 3 is 0.986 bits per heavy atom. The van der Waals surface area contributed by atoms with Gasteiger partial charge in [-0.1, -0.05) is 233 Å². The summed E-state index contributed by atoms with van der Waals surface area (Å²) in [4.78, 5) is 38.1. The molecule has 0 aliphatic rings. The van der Waals surface area contributed by atoms with Gasteiger partial charge in [0, 0.05) is 12.8 Å². The molecule has 0 fully saturated rings. The summed E-state index contributed by atoms with van der Waals surface area (Å²) in [5, 5.41) is 0. The molecule has 0 heterocycles. The van der Waals surface area contributed by atoms with Crippen molar-refractivity contribution in [1.82, 2.24) is 0 Å². The molecule has 0 bridgehead atoms. The topological polar surface area (TPSA) is 78.9 Å². The Kier molecular flexibility index (Phi) is 53.4. The number of unbranched alkanes of at least 4 members (excludes halogenated alkanes) is 22. The molecule has 0 radical (unpaired) electrons. The Morgan fingerprint density at radius 1 is 0.319 bits per heavy atom. The Bertz CT molecular complexity index is 1420. The molecule has 0 aliphatic heterocycles. The fourth-order valence-corrected chi connectivity index (χ4v) is 7.52. The van der Waals surface area contributed by atoms with Gasteiger partial charge in [0.15, 0.2) is 6.10 Å². The third-order valence-corrected chi connectivity index (χ3v) is 11.8. The first-order valence-electron chi connectivity index (χ1n) is 28.4. The van der Waals surface area contributed by atoms with Gasteiger partial charge in [0.05, 0.1) is 6.42 Å². The largest absolute Gasteiger partial charge is 0.462 e. The number of esters is 3. The Morgan fingerprint density at radius 2 is 0.609 bits per heavy atom. The maximum absolute atomic E-state index is 12.8. The van der Waals surface area contributed by atoms with Crippen molar-refractivity contribution in [3.8, 4) is 0 Å². The van der Waals surface area contributed by atoms with Crippen LogP contribution in [0, 0.1) is 0 Å². The van der Waals surface area contributed by atoms with Crippen LogP contribution in [0.4, 0.5) is 0 Å². The summed E-state index contributed by atoms with van der Waals surface area (Å²) in [5.41, 5.74) is 0. The van der Waals surface area contributed by atoms with E-state index in [4.69, 9.17) is 14.2 Å². The van der Waals surface area contributed by atoms with Crippen LogP contribution >= 0.6 is 0 Å². The van der Waals surface area contributed by atoms with E-state index in [9.17, 15) is 14.4 Å². The van der Waals surface area contributed by atoms with E-state index >= 15 is 0 Å². The van der Waals surface area contributed by atoms with Gasteiger partial charge in [-0.2, -0.15) is 0 Å². The molecule has 0 rings (SSSR count). The number of carbonyl (C=O) groups is 3. The molecule has 69 heavy (non-hydrogen) atoms. The summed E-state index contributed by atoms with van der Waals surface area (Å²) >= 11 is 0. The lowest BCUT2D eigenvalue weighted by Gasteiger charge is -2.18. The zero-order valence-electron chi connectivity index (χ0n) is 44.8. The summed E-state index contributed by atoms with van der Waals surface area (Å²) in [6, 6.07) is 0. The van der Waals surface area contributed by atoms with Crippen LogP contribution in [0.1, 0.15) is 252 Å². The first-order valence-corrected chi connectivity index (χ1v) is 28.4. The molecule has 1 unspecified atom stereocenters. The molecule has 0 saturated carbocycles. The summed E-state index contributed by atoms with van der Waals surface area (Å²) < 4.78 is 16.7. The minimum Gasteiger partial charge on any atom is -0.462 e. The Balaban J connectivity index is 4.48. The highest BCUT2D eigenvalue weighted by Crippen LogP contribution is 2.14. The average Bonchev–Trinajstić information content (AvgIpc) is 3.35. The molecule has 0 N–H and O–H groups in total. The van der Waals surface area contributed by atoms with Crippen molar-refractivity contribution in [3.05, 3.63) is 109 Å². The van der Waals surface area contributed by atoms with E-state index < -0.39 is 12.1 Å². The first kappa shape index (κ1) is 65.1. The van der Waals surface area contributed by atoms with Crippen LogP contribution in [0.15, 0.2) is 109 Å². The van der Waals surface area contributed by atoms with Gasteiger partial charge in [-0.3, -0.25) is 14.4 Å². The average molecular weight is 958 g/mol. The molecule has 1 atom stereocenters. The lowest BCUT2D eigenvalue weighted by molar-refractivity contribution is -0.166. The predicted octanol–water partition coefficient (Wildman–Crippen LogP) is 19.1. The van der Waals surface area contributed by atoms with E-state index in [0.717, 1.165) is 96.3 Å². The number of hydrogen-bond acceptors (Lipinski definition) is 6. The fourth-order valence-electron chi connectivity index (χ4n) is 7.52. The van der Waals surface area contributed by atoms with Crippen LogP contribution in [0.25, 0.3) is 0 Å². The SMILES string of the molecule is CC/C=C\C/C=C\C/C=C\C/C=C\C/C=C\CC(=O)OC(COC(=O)CCCCCCC/C=C\C/C=C\CCCCC)COC(=O)CCCCCCCCCCC/C=C\C/C=C\CCCCCCC. The van der Waals surface area contributed by atoms with Crippen molar-refractivity contribution < 1.29 is 28.6 Å². The van der Waals surface area contributed by atoms with Gasteiger partial charge in [-0.25, -0.2) is 0 Å². The molecule has 0 amide bonds. The van der Waals surface area contributed by atoms with Gasteiger partial charge in [-0.15, -0.1) is 0 Å². The second-order valence-corrected chi connectivity index (χ2v) is 18.5. The van der Waals surface area contributed by atoms with Crippen molar-refractivity contribution >= 4 is 17.9 Å². The second-order valence-electron chi connectivity index (χ2n) is 18.5. The third-order valence-electron chi connectivity index (χ3n) is 11.8. The highest BCUT2D eigenvalue weighted by Gasteiger charge is 2.19. The molecule has 6 heteroatoms. The summed E-state index contributed by atoms with van der Waals surface area (Å²) in [5.74, 6) is -1.07. The minimum atomic E-state index is -0.842. The highest BCUT2D eigenvalue weighted by atomic mass is 16.6. The quantitative estimate of drug-likeness (QED) is 0.0262. The van der Waals surface area contributed by atoms with Crippen molar-refractivity contribution in [2.24, 2.45) is 0 Å². The normalized spacial score (nSPS) is 12.9.